The number of hydrogen-bond acceptors (Lipinski definition) is 3. The van der Waals surface area contributed by atoms with Crippen LogP contribution in [0, 0.1) is 11.8 Å². The summed E-state index contributed by atoms with van der Waals surface area (Å²) in [6.45, 7) is 0. The first-order chi connectivity index (χ1) is 13.0. The molecule has 0 aliphatic carbocycles. The molecule has 1 unspecified atom stereocenters. The number of halogens is 1. The van der Waals surface area contributed by atoms with Crippen molar-refractivity contribution < 1.29 is 9.00 Å². The smallest absolute Gasteiger partial charge is 0.264 e. The van der Waals surface area contributed by atoms with Gasteiger partial charge in [-0.3, -0.25) is 14.5 Å². The summed E-state index contributed by atoms with van der Waals surface area (Å²) in [5.74, 6) is 9.15. The van der Waals surface area contributed by atoms with Gasteiger partial charge in [0.15, 0.2) is 0 Å². The van der Waals surface area contributed by atoms with Gasteiger partial charge in [-0.15, -0.1) is 0 Å². The monoisotopic (exact) mass is 438 g/mol. The van der Waals surface area contributed by atoms with Gasteiger partial charge in [-0.2, -0.15) is 0 Å². The molecule has 0 bridgehead atoms. The Balaban J connectivity index is 1.82. The van der Waals surface area contributed by atoms with Crippen LogP contribution in [0.5, 0.6) is 0 Å². The average molecular weight is 439 g/mol. The number of nitrogens with zero attached hydrogens (tertiary/aromatic N) is 1. The molecule has 1 atom stereocenters. The second-order valence-electron chi connectivity index (χ2n) is 5.61. The zero-order valence-corrected chi connectivity index (χ0v) is 16.6. The molecular weight excluding hydrogens is 424 g/mol. The molecule has 27 heavy (non-hydrogen) atoms. The lowest BCUT2D eigenvalue weighted by atomic mass is 10.2. The van der Waals surface area contributed by atoms with Gasteiger partial charge >= 0.3 is 0 Å². The average Bonchev–Trinajstić information content (AvgIpc) is 2.68. The van der Waals surface area contributed by atoms with Crippen molar-refractivity contribution in [3.63, 3.8) is 0 Å². The number of amides is 1. The summed E-state index contributed by atoms with van der Waals surface area (Å²) in [5.41, 5.74) is 1.67. The molecule has 3 aromatic rings. The van der Waals surface area contributed by atoms with E-state index in [0.717, 1.165) is 10.0 Å². The molecule has 1 aromatic heterocycles. The highest BCUT2D eigenvalue weighted by Gasteiger charge is 2.13. The number of hydrogen-bond donors (Lipinski definition) is 1. The van der Waals surface area contributed by atoms with Crippen molar-refractivity contribution in [3.05, 3.63) is 94.2 Å². The maximum Gasteiger partial charge on any atom is 0.264 e. The van der Waals surface area contributed by atoms with Crippen LogP contribution in [0.25, 0.3) is 0 Å². The minimum atomic E-state index is -2.95. The molecule has 134 valence electrons. The third-order valence-electron chi connectivity index (χ3n) is 3.60. The molecule has 0 saturated carbocycles. The lowest BCUT2D eigenvalue weighted by Gasteiger charge is -2.11. The van der Waals surface area contributed by atoms with Crippen molar-refractivity contribution in [2.75, 3.05) is 0 Å². The number of carbonyl (C=O) groups excluding carboxylic acids is 1. The van der Waals surface area contributed by atoms with E-state index >= 15 is 0 Å². The highest BCUT2D eigenvalue weighted by molar-refractivity contribution is 9.10. The number of nitrogens with one attached hydrogen (secondary N) is 1. The van der Waals surface area contributed by atoms with E-state index in [2.05, 4.69) is 43.3 Å². The van der Waals surface area contributed by atoms with Gasteiger partial charge in [-0.05, 0) is 52.1 Å². The van der Waals surface area contributed by atoms with Crippen molar-refractivity contribution in [1.29, 1.82) is 0 Å². The SMILES string of the molecule is C=S(=O)(NC(=O)c1cncc(C#Cc2ccccc2Br)c1)c1ccccc1. The molecule has 0 radical (unpaired) electrons. The van der Waals surface area contributed by atoms with Crippen LogP contribution in [-0.2, 0) is 9.71 Å². The van der Waals surface area contributed by atoms with Crippen LogP contribution in [0.15, 0.2) is 82.4 Å². The predicted molar refractivity (Wildman–Crippen MR) is 112 cm³/mol. The van der Waals surface area contributed by atoms with Gasteiger partial charge in [-0.1, -0.05) is 42.2 Å². The fourth-order valence-corrected chi connectivity index (χ4v) is 3.76. The summed E-state index contributed by atoms with van der Waals surface area (Å²) in [6.07, 6.45) is 2.97. The van der Waals surface area contributed by atoms with Crippen LogP contribution in [0.4, 0.5) is 0 Å². The normalized spacial score (nSPS) is 12.3. The van der Waals surface area contributed by atoms with Crippen LogP contribution in [0.2, 0.25) is 0 Å². The minimum Gasteiger partial charge on any atom is -0.275 e. The summed E-state index contributed by atoms with van der Waals surface area (Å²) in [4.78, 5) is 17.0. The van der Waals surface area contributed by atoms with Gasteiger partial charge in [0.1, 0.15) is 0 Å². The van der Waals surface area contributed by atoms with Crippen molar-refractivity contribution in [1.82, 2.24) is 9.71 Å². The molecule has 6 heteroatoms. The Morgan fingerprint density at radius 3 is 2.48 bits per heavy atom. The zero-order chi connectivity index (χ0) is 19.3. The van der Waals surface area contributed by atoms with Crippen LogP contribution in [0.3, 0.4) is 0 Å². The third kappa shape index (κ3) is 4.85. The molecule has 0 aliphatic heterocycles. The molecule has 0 saturated heterocycles. The van der Waals surface area contributed by atoms with Gasteiger partial charge in [0.2, 0.25) is 0 Å². The van der Waals surface area contributed by atoms with Gasteiger partial charge in [0.25, 0.3) is 5.91 Å². The fourth-order valence-electron chi connectivity index (χ4n) is 2.24. The molecule has 2 aromatic carbocycles. The van der Waals surface area contributed by atoms with Crippen molar-refractivity contribution in [3.8, 4) is 11.8 Å². The Kier molecular flexibility index (Phi) is 5.75. The molecule has 0 spiro atoms. The molecule has 3 rings (SSSR count). The van der Waals surface area contributed by atoms with Gasteiger partial charge in [-0.25, -0.2) is 4.21 Å². The highest BCUT2D eigenvalue weighted by Crippen LogP contribution is 2.14. The molecular formula is C21H15BrN2O2S. The number of aromatic nitrogens is 1. The zero-order valence-electron chi connectivity index (χ0n) is 14.2. The Hall–Kier alpha value is -2.88. The third-order valence-corrected chi connectivity index (χ3v) is 5.84. The maximum atomic E-state index is 12.7. The molecule has 1 heterocycles. The first-order valence-corrected chi connectivity index (χ1v) is 10.4. The number of rotatable bonds is 3. The first kappa shape index (κ1) is 18.9. The topological polar surface area (TPSA) is 59.1 Å². The molecule has 1 N–H and O–H groups in total. The van der Waals surface area contributed by atoms with Gasteiger partial charge < -0.3 is 0 Å². The Morgan fingerprint density at radius 2 is 1.74 bits per heavy atom. The maximum absolute atomic E-state index is 12.7. The van der Waals surface area contributed by atoms with E-state index in [1.165, 1.54) is 6.20 Å². The van der Waals surface area contributed by atoms with Crippen molar-refractivity contribution in [2.24, 2.45) is 0 Å². The largest absolute Gasteiger partial charge is 0.275 e. The van der Waals surface area contributed by atoms with Crippen LogP contribution < -0.4 is 4.72 Å². The van der Waals surface area contributed by atoms with Crippen LogP contribution in [-0.4, -0.2) is 21.0 Å². The Labute approximate surface area is 166 Å². The van der Waals surface area contributed by atoms with Crippen LogP contribution in [0.1, 0.15) is 21.5 Å². The minimum absolute atomic E-state index is 0.265. The standard InChI is InChI=1S/C21H15BrN2O2S/c1-27(26,19-8-3-2-4-9-19)24-21(25)18-13-16(14-23-15-18)11-12-17-7-5-6-10-20(17)22/h2-10,13-15H,1H2,(H,24,25,26). The summed E-state index contributed by atoms with van der Waals surface area (Å²) in [6, 6.07) is 17.8. The van der Waals surface area contributed by atoms with Gasteiger partial charge in [0, 0.05) is 32.9 Å². The van der Waals surface area contributed by atoms with Crippen molar-refractivity contribution >= 4 is 37.4 Å². The van der Waals surface area contributed by atoms with E-state index in [0.29, 0.717) is 10.5 Å². The summed E-state index contributed by atoms with van der Waals surface area (Å²) >= 11 is 3.44. The van der Waals surface area contributed by atoms with Gasteiger partial charge in [0.05, 0.1) is 15.3 Å². The van der Waals surface area contributed by atoms with Crippen LogP contribution >= 0.6 is 15.9 Å². The summed E-state index contributed by atoms with van der Waals surface area (Å²) in [5, 5.41) is 0. The predicted octanol–water partition coefficient (Wildman–Crippen LogP) is 3.66. The number of benzene rings is 2. The molecule has 0 aliphatic rings. The Morgan fingerprint density at radius 1 is 1.04 bits per heavy atom. The quantitative estimate of drug-likeness (QED) is 0.501. The second kappa shape index (κ2) is 8.21. The van der Waals surface area contributed by atoms with E-state index in [1.54, 1.807) is 42.6 Å². The number of carbonyl (C=O) groups is 1. The van der Waals surface area contributed by atoms with E-state index in [-0.39, 0.29) is 5.56 Å². The van der Waals surface area contributed by atoms with E-state index < -0.39 is 15.6 Å². The number of pyridine rings is 1. The van der Waals surface area contributed by atoms with Crippen molar-refractivity contribution in [2.45, 2.75) is 4.90 Å². The van der Waals surface area contributed by atoms with E-state index in [4.69, 9.17) is 0 Å². The second-order valence-corrected chi connectivity index (χ2v) is 8.49. The first-order valence-electron chi connectivity index (χ1n) is 7.92. The Bertz CT molecular complexity index is 1150. The lowest BCUT2D eigenvalue weighted by Crippen LogP contribution is -2.30. The molecule has 0 fully saturated rings. The molecule has 4 nitrogen and oxygen atoms in total. The highest BCUT2D eigenvalue weighted by atomic mass is 79.9. The van der Waals surface area contributed by atoms with E-state index in [1.807, 2.05) is 24.3 Å². The fraction of sp³-hybridized carbons (Fsp3) is 0. The lowest BCUT2D eigenvalue weighted by molar-refractivity contribution is 0.0982. The molecule has 1 amide bonds. The summed E-state index contributed by atoms with van der Waals surface area (Å²) < 4.78 is 16.1. The van der Waals surface area contributed by atoms with E-state index in [9.17, 15) is 9.00 Å². The summed E-state index contributed by atoms with van der Waals surface area (Å²) in [7, 11) is -2.95.